The molecule has 6 rings (SSSR count). The molecule has 2 aliphatic rings. The maximum atomic E-state index is 12.8. The van der Waals surface area contributed by atoms with Crippen LogP contribution in [0.25, 0.3) is 28.1 Å². The molecule has 2 heterocycles. The van der Waals surface area contributed by atoms with Crippen molar-refractivity contribution in [2.75, 3.05) is 0 Å². The third kappa shape index (κ3) is 3.95. The van der Waals surface area contributed by atoms with E-state index in [4.69, 9.17) is 16.1 Å². The van der Waals surface area contributed by atoms with Gasteiger partial charge in [-0.05, 0) is 48.9 Å². The van der Waals surface area contributed by atoms with E-state index in [2.05, 4.69) is 27.7 Å². The molecule has 2 aliphatic carbocycles. The number of halogens is 1. The monoisotopic (exact) mass is 503 g/mol. The van der Waals surface area contributed by atoms with E-state index in [1.54, 1.807) is 6.92 Å². The molecule has 2 saturated carbocycles. The number of amides is 2. The molecule has 184 valence electrons. The number of hydrogen-bond donors (Lipinski definition) is 2. The van der Waals surface area contributed by atoms with Gasteiger partial charge in [0.05, 0.1) is 10.5 Å². The molecule has 2 N–H and O–H groups in total. The quantitative estimate of drug-likeness (QED) is 0.385. The van der Waals surface area contributed by atoms with Crippen molar-refractivity contribution in [3.63, 3.8) is 0 Å². The van der Waals surface area contributed by atoms with E-state index in [9.17, 15) is 9.59 Å². The summed E-state index contributed by atoms with van der Waals surface area (Å²) in [7, 11) is 0. The van der Waals surface area contributed by atoms with E-state index in [0.29, 0.717) is 47.7 Å². The van der Waals surface area contributed by atoms with Crippen molar-refractivity contribution in [2.24, 2.45) is 11.8 Å². The van der Waals surface area contributed by atoms with Gasteiger partial charge in [-0.15, -0.1) is 0 Å². The van der Waals surface area contributed by atoms with Gasteiger partial charge >= 0.3 is 0 Å². The zero-order valence-corrected chi connectivity index (χ0v) is 20.8. The predicted molar refractivity (Wildman–Crippen MR) is 136 cm³/mol. The number of rotatable bonds is 7. The molecule has 4 aromatic rings. The van der Waals surface area contributed by atoms with Crippen LogP contribution >= 0.6 is 11.6 Å². The van der Waals surface area contributed by atoms with Gasteiger partial charge in [0.25, 0.3) is 0 Å². The first-order valence-corrected chi connectivity index (χ1v) is 12.5. The largest absolute Gasteiger partial charge is 0.350 e. The number of carbonyl (C=O) groups excluding carboxylic acids is 2. The third-order valence-corrected chi connectivity index (χ3v) is 7.58. The molecule has 0 saturated heterocycles. The summed E-state index contributed by atoms with van der Waals surface area (Å²) in [5.41, 5.74) is 2.68. The smallest absolute Gasteiger partial charge is 0.246 e. The zero-order valence-electron chi connectivity index (χ0n) is 20.0. The van der Waals surface area contributed by atoms with Crippen LogP contribution in [0.2, 0.25) is 5.02 Å². The molecule has 9 heteroatoms. The summed E-state index contributed by atoms with van der Waals surface area (Å²) >= 11 is 6.77. The van der Waals surface area contributed by atoms with Crippen LogP contribution in [0.3, 0.4) is 0 Å². The second-order valence-electron chi connectivity index (χ2n) is 9.89. The Kier molecular flexibility index (Phi) is 5.37. The van der Waals surface area contributed by atoms with E-state index in [1.807, 2.05) is 53.1 Å². The van der Waals surface area contributed by atoms with Crippen LogP contribution in [-0.2, 0) is 16.1 Å². The lowest BCUT2D eigenvalue weighted by molar-refractivity contribution is -0.130. The normalized spacial score (nSPS) is 19.8. The number of aromatic nitrogens is 3. The van der Waals surface area contributed by atoms with Gasteiger partial charge in [0.2, 0.25) is 23.5 Å². The number of benzene rings is 2. The summed E-state index contributed by atoms with van der Waals surface area (Å²) in [6.45, 7) is 4.18. The third-order valence-electron chi connectivity index (χ3n) is 7.19. The fraction of sp³-hybridized carbons (Fsp3) is 0.333. The van der Waals surface area contributed by atoms with Crippen molar-refractivity contribution in [2.45, 2.75) is 45.2 Å². The number of hydrogen-bond acceptors (Lipinski definition) is 5. The van der Waals surface area contributed by atoms with Crippen LogP contribution in [0.5, 0.6) is 0 Å². The summed E-state index contributed by atoms with van der Waals surface area (Å²) in [4.78, 5) is 29.6. The van der Waals surface area contributed by atoms with Crippen LogP contribution < -0.4 is 10.6 Å². The number of carbonyl (C=O) groups is 2. The van der Waals surface area contributed by atoms with Crippen LogP contribution in [0, 0.1) is 18.8 Å². The summed E-state index contributed by atoms with van der Waals surface area (Å²) < 4.78 is 7.22. The number of para-hydroxylation sites is 1. The average Bonchev–Trinajstić information content (AvgIpc) is 3.75. The van der Waals surface area contributed by atoms with E-state index in [-0.39, 0.29) is 17.7 Å². The molecular weight excluding hydrogens is 478 g/mol. The molecule has 8 nitrogen and oxygen atoms in total. The lowest BCUT2D eigenvalue weighted by Crippen LogP contribution is -2.49. The maximum Gasteiger partial charge on any atom is 0.246 e. The van der Waals surface area contributed by atoms with Gasteiger partial charge in [-0.3, -0.25) is 9.59 Å². The molecule has 0 aliphatic heterocycles. The molecule has 2 atom stereocenters. The highest BCUT2D eigenvalue weighted by atomic mass is 35.5. The van der Waals surface area contributed by atoms with Crippen LogP contribution in [-0.4, -0.2) is 32.1 Å². The van der Waals surface area contributed by atoms with Crippen molar-refractivity contribution in [1.82, 2.24) is 25.3 Å². The van der Waals surface area contributed by atoms with Gasteiger partial charge in [-0.1, -0.05) is 54.0 Å². The predicted octanol–water partition coefficient (Wildman–Crippen LogP) is 4.56. The summed E-state index contributed by atoms with van der Waals surface area (Å²) in [5, 5.41) is 11.5. The van der Waals surface area contributed by atoms with E-state index >= 15 is 0 Å². The Balaban J connectivity index is 1.22. The molecule has 2 aromatic heterocycles. The fourth-order valence-electron chi connectivity index (χ4n) is 4.73. The summed E-state index contributed by atoms with van der Waals surface area (Å²) in [6.07, 6.45) is 2.28. The summed E-state index contributed by atoms with van der Waals surface area (Å²) in [6, 6.07) is 15.7. The Morgan fingerprint density at radius 3 is 2.53 bits per heavy atom. The van der Waals surface area contributed by atoms with Crippen molar-refractivity contribution >= 4 is 34.3 Å². The number of nitrogens with zero attached hydrogens (tertiary/aromatic N) is 3. The zero-order chi connectivity index (χ0) is 25.0. The molecule has 0 bridgehead atoms. The molecule has 2 fully saturated rings. The average molecular weight is 504 g/mol. The molecule has 2 unspecified atom stereocenters. The Morgan fingerprint density at radius 2 is 1.89 bits per heavy atom. The first-order valence-electron chi connectivity index (χ1n) is 12.2. The van der Waals surface area contributed by atoms with Gasteiger partial charge in [0, 0.05) is 30.5 Å². The van der Waals surface area contributed by atoms with E-state index in [0.717, 1.165) is 28.6 Å². The second-order valence-corrected chi connectivity index (χ2v) is 10.3. The topological polar surface area (TPSA) is 102 Å². The highest BCUT2D eigenvalue weighted by molar-refractivity contribution is 6.38. The van der Waals surface area contributed by atoms with E-state index in [1.165, 1.54) is 0 Å². The standard InChI is InChI=1S/C27H26ClN5O3/c1-15-13-20(15)25(34)31-27(11-12-27)26(35)29-14-17-7-9-18(10-8-17)33-21-6-4-3-5-19(21)22(28)23(33)24-30-16(2)36-32-24/h3-10,15,20H,11-14H2,1-2H3,(H,29,35)(H,31,34). The Bertz CT molecular complexity index is 1490. The Hall–Kier alpha value is -3.65. The minimum absolute atomic E-state index is 0.00436. The molecule has 0 spiro atoms. The van der Waals surface area contributed by atoms with Crippen molar-refractivity contribution in [3.8, 4) is 17.2 Å². The number of fused-ring (bicyclic) bond motifs is 1. The van der Waals surface area contributed by atoms with Gasteiger partial charge in [0.1, 0.15) is 11.2 Å². The maximum absolute atomic E-state index is 12.8. The molecule has 2 amide bonds. The number of nitrogens with one attached hydrogen (secondary N) is 2. The lowest BCUT2D eigenvalue weighted by Gasteiger charge is -2.17. The van der Waals surface area contributed by atoms with Gasteiger partial charge < -0.3 is 19.7 Å². The minimum atomic E-state index is -0.738. The minimum Gasteiger partial charge on any atom is -0.350 e. The molecule has 0 radical (unpaired) electrons. The second kappa shape index (κ2) is 8.48. The molecule has 2 aromatic carbocycles. The SMILES string of the molecule is Cc1nc(-c2c(Cl)c3ccccc3n2-c2ccc(CNC(=O)C3(NC(=O)C4CC4C)CC3)cc2)no1. The van der Waals surface area contributed by atoms with Gasteiger partial charge in [-0.2, -0.15) is 4.98 Å². The Labute approximate surface area is 213 Å². The number of aryl methyl sites for hydroxylation is 1. The molecular formula is C27H26ClN5O3. The van der Waals surface area contributed by atoms with Crippen LogP contribution in [0.15, 0.2) is 53.1 Å². The first kappa shape index (κ1) is 22.8. The lowest BCUT2D eigenvalue weighted by atomic mass is 10.1. The summed E-state index contributed by atoms with van der Waals surface area (Å²) in [5.74, 6) is 1.24. The van der Waals surface area contributed by atoms with Crippen LogP contribution in [0.4, 0.5) is 0 Å². The fourth-order valence-corrected chi connectivity index (χ4v) is 5.06. The van der Waals surface area contributed by atoms with Crippen molar-refractivity contribution < 1.29 is 14.1 Å². The van der Waals surface area contributed by atoms with E-state index < -0.39 is 5.54 Å². The Morgan fingerprint density at radius 1 is 1.17 bits per heavy atom. The molecule has 36 heavy (non-hydrogen) atoms. The highest BCUT2D eigenvalue weighted by Gasteiger charge is 2.53. The first-order chi connectivity index (χ1) is 17.4. The van der Waals surface area contributed by atoms with Crippen molar-refractivity contribution in [3.05, 3.63) is 65.0 Å². The van der Waals surface area contributed by atoms with Gasteiger partial charge in [0.15, 0.2) is 0 Å². The van der Waals surface area contributed by atoms with Crippen molar-refractivity contribution in [1.29, 1.82) is 0 Å². The van der Waals surface area contributed by atoms with Crippen LogP contribution in [0.1, 0.15) is 37.6 Å². The highest BCUT2D eigenvalue weighted by Crippen LogP contribution is 2.42. The van der Waals surface area contributed by atoms with Gasteiger partial charge in [-0.25, -0.2) is 0 Å².